The highest BCUT2D eigenvalue weighted by Gasteiger charge is 2.25. The Hall–Kier alpha value is -2.10. The first kappa shape index (κ1) is 15.8. The van der Waals surface area contributed by atoms with E-state index in [1.807, 2.05) is 36.4 Å². The lowest BCUT2D eigenvalue weighted by atomic mass is 10.1. The molecule has 0 aromatic heterocycles. The van der Waals surface area contributed by atoms with E-state index in [4.69, 9.17) is 14.2 Å². The van der Waals surface area contributed by atoms with Crippen LogP contribution in [0, 0.1) is 5.92 Å². The van der Waals surface area contributed by atoms with Gasteiger partial charge in [0.05, 0.1) is 32.7 Å². The Labute approximate surface area is 137 Å². The van der Waals surface area contributed by atoms with Gasteiger partial charge in [-0.15, -0.1) is 0 Å². The van der Waals surface area contributed by atoms with Crippen molar-refractivity contribution < 1.29 is 14.2 Å². The van der Waals surface area contributed by atoms with E-state index >= 15 is 0 Å². The molecule has 1 aliphatic rings. The van der Waals surface area contributed by atoms with Gasteiger partial charge in [-0.2, -0.15) is 0 Å². The molecule has 2 aromatic rings. The summed E-state index contributed by atoms with van der Waals surface area (Å²) < 4.78 is 17.2. The van der Waals surface area contributed by atoms with Gasteiger partial charge in [-0.25, -0.2) is 0 Å². The van der Waals surface area contributed by atoms with Gasteiger partial charge >= 0.3 is 0 Å². The molecule has 0 bridgehead atoms. The normalized spacial score (nSPS) is 19.7. The minimum absolute atomic E-state index is 0.0366. The van der Waals surface area contributed by atoms with Gasteiger partial charge in [-0.1, -0.05) is 60.7 Å². The van der Waals surface area contributed by atoms with Crippen LogP contribution in [-0.4, -0.2) is 19.3 Å². The summed E-state index contributed by atoms with van der Waals surface area (Å²) in [5.41, 5.74) is 2.36. The average molecular weight is 310 g/mol. The molecule has 3 nitrogen and oxygen atoms in total. The number of hydrogen-bond donors (Lipinski definition) is 0. The molecular weight excluding hydrogens is 288 g/mol. The van der Waals surface area contributed by atoms with Gasteiger partial charge in [0.1, 0.15) is 6.10 Å². The lowest BCUT2D eigenvalue weighted by Gasteiger charge is -2.19. The van der Waals surface area contributed by atoms with Crippen molar-refractivity contribution in [3.8, 4) is 0 Å². The summed E-state index contributed by atoms with van der Waals surface area (Å²) in [6.07, 6.45) is 3.85. The van der Waals surface area contributed by atoms with E-state index in [9.17, 15) is 0 Å². The SMILES string of the molecule is C1=C[C@@H](COCc2ccccc2)[C@@H](COCc2ccccc2)O1. The van der Waals surface area contributed by atoms with Crippen molar-refractivity contribution in [1.82, 2.24) is 0 Å². The van der Waals surface area contributed by atoms with Crippen LogP contribution >= 0.6 is 0 Å². The van der Waals surface area contributed by atoms with E-state index in [1.165, 1.54) is 11.1 Å². The largest absolute Gasteiger partial charge is 0.495 e. The maximum absolute atomic E-state index is 5.81. The lowest BCUT2D eigenvalue weighted by Crippen LogP contribution is -2.26. The molecule has 3 rings (SSSR count). The van der Waals surface area contributed by atoms with Crippen molar-refractivity contribution in [3.63, 3.8) is 0 Å². The first-order valence-electron chi connectivity index (χ1n) is 7.97. The number of benzene rings is 2. The van der Waals surface area contributed by atoms with Crippen LogP contribution in [0.25, 0.3) is 0 Å². The smallest absolute Gasteiger partial charge is 0.130 e. The molecular formula is C20H22O3. The predicted octanol–water partition coefficient (Wildman–Crippen LogP) is 3.95. The molecule has 0 fully saturated rings. The average Bonchev–Trinajstić information content (AvgIpc) is 3.04. The van der Waals surface area contributed by atoms with Crippen LogP contribution in [-0.2, 0) is 27.4 Å². The Bertz CT molecular complexity index is 595. The third-order valence-electron chi connectivity index (χ3n) is 3.87. The molecule has 1 aliphatic heterocycles. The number of ether oxygens (including phenoxy) is 3. The molecule has 2 atom stereocenters. The maximum atomic E-state index is 5.81. The molecule has 0 spiro atoms. The standard InChI is InChI=1S/C20H22O3/c1-3-7-17(8-4-1)13-21-15-19-11-12-23-20(19)16-22-14-18-9-5-2-6-10-18/h1-12,19-20H,13-16H2/t19-,20+/m0/s1. The van der Waals surface area contributed by atoms with Crippen LogP contribution in [0.4, 0.5) is 0 Å². The van der Waals surface area contributed by atoms with Crippen LogP contribution in [0.15, 0.2) is 73.0 Å². The number of rotatable bonds is 8. The Morgan fingerprint density at radius 1 is 0.739 bits per heavy atom. The van der Waals surface area contributed by atoms with Gasteiger partial charge in [-0.05, 0) is 17.2 Å². The second-order valence-electron chi connectivity index (χ2n) is 5.67. The Morgan fingerprint density at radius 3 is 1.91 bits per heavy atom. The first-order valence-corrected chi connectivity index (χ1v) is 7.97. The van der Waals surface area contributed by atoms with E-state index in [-0.39, 0.29) is 12.0 Å². The fourth-order valence-electron chi connectivity index (χ4n) is 2.55. The van der Waals surface area contributed by atoms with Crippen LogP contribution < -0.4 is 0 Å². The van der Waals surface area contributed by atoms with E-state index in [2.05, 4.69) is 30.3 Å². The molecule has 0 unspecified atom stereocenters. The Balaban J connectivity index is 1.38. The lowest BCUT2D eigenvalue weighted by molar-refractivity contribution is -0.0105. The molecule has 0 aliphatic carbocycles. The summed E-state index contributed by atoms with van der Waals surface area (Å²) in [6.45, 7) is 2.45. The van der Waals surface area contributed by atoms with Gasteiger partial charge in [-0.3, -0.25) is 0 Å². The highest BCUT2D eigenvalue weighted by Crippen LogP contribution is 2.19. The van der Waals surface area contributed by atoms with Gasteiger partial charge < -0.3 is 14.2 Å². The fraction of sp³-hybridized carbons (Fsp3) is 0.300. The highest BCUT2D eigenvalue weighted by molar-refractivity contribution is 5.14. The van der Waals surface area contributed by atoms with E-state index in [0.717, 1.165) is 0 Å². The van der Waals surface area contributed by atoms with Crippen LogP contribution in [0.5, 0.6) is 0 Å². The quantitative estimate of drug-likeness (QED) is 0.739. The minimum Gasteiger partial charge on any atom is -0.495 e. The predicted molar refractivity (Wildman–Crippen MR) is 89.7 cm³/mol. The Morgan fingerprint density at radius 2 is 1.30 bits per heavy atom. The van der Waals surface area contributed by atoms with Crippen molar-refractivity contribution in [3.05, 3.63) is 84.1 Å². The number of hydrogen-bond acceptors (Lipinski definition) is 3. The molecule has 3 heteroatoms. The summed E-state index contributed by atoms with van der Waals surface area (Å²) in [5, 5.41) is 0. The molecule has 0 saturated heterocycles. The fourth-order valence-corrected chi connectivity index (χ4v) is 2.55. The zero-order valence-corrected chi connectivity index (χ0v) is 13.1. The summed E-state index contributed by atoms with van der Waals surface area (Å²) in [6, 6.07) is 20.4. The Kier molecular flexibility index (Phi) is 5.84. The zero-order valence-electron chi connectivity index (χ0n) is 13.1. The molecule has 0 radical (unpaired) electrons. The molecule has 0 N–H and O–H groups in total. The maximum Gasteiger partial charge on any atom is 0.130 e. The van der Waals surface area contributed by atoms with Gasteiger partial charge in [0, 0.05) is 5.92 Å². The molecule has 120 valence electrons. The third kappa shape index (κ3) is 4.95. The summed E-state index contributed by atoms with van der Waals surface area (Å²) in [4.78, 5) is 0. The van der Waals surface area contributed by atoms with E-state index in [1.54, 1.807) is 6.26 Å². The molecule has 0 saturated carbocycles. The summed E-state index contributed by atoms with van der Waals surface area (Å²) in [5.74, 6) is 0.245. The highest BCUT2D eigenvalue weighted by atomic mass is 16.5. The monoisotopic (exact) mass is 310 g/mol. The van der Waals surface area contributed by atoms with E-state index < -0.39 is 0 Å². The molecule has 1 heterocycles. The van der Waals surface area contributed by atoms with Crippen molar-refractivity contribution in [2.45, 2.75) is 19.3 Å². The topological polar surface area (TPSA) is 27.7 Å². The second kappa shape index (κ2) is 8.51. The van der Waals surface area contributed by atoms with Crippen LogP contribution in [0.1, 0.15) is 11.1 Å². The second-order valence-corrected chi connectivity index (χ2v) is 5.67. The van der Waals surface area contributed by atoms with Crippen LogP contribution in [0.2, 0.25) is 0 Å². The molecule has 23 heavy (non-hydrogen) atoms. The first-order chi connectivity index (χ1) is 11.4. The van der Waals surface area contributed by atoms with Crippen molar-refractivity contribution in [2.24, 2.45) is 5.92 Å². The van der Waals surface area contributed by atoms with Gasteiger partial charge in [0.25, 0.3) is 0 Å². The van der Waals surface area contributed by atoms with Gasteiger partial charge in [0.2, 0.25) is 0 Å². The minimum atomic E-state index is 0.0366. The molecule has 2 aromatic carbocycles. The summed E-state index contributed by atoms with van der Waals surface area (Å²) >= 11 is 0. The van der Waals surface area contributed by atoms with Crippen molar-refractivity contribution in [1.29, 1.82) is 0 Å². The van der Waals surface area contributed by atoms with Gasteiger partial charge in [0.15, 0.2) is 0 Å². The third-order valence-corrected chi connectivity index (χ3v) is 3.87. The van der Waals surface area contributed by atoms with E-state index in [0.29, 0.717) is 26.4 Å². The molecule has 0 amide bonds. The van der Waals surface area contributed by atoms with Crippen molar-refractivity contribution in [2.75, 3.05) is 13.2 Å². The van der Waals surface area contributed by atoms with Crippen molar-refractivity contribution >= 4 is 0 Å². The summed E-state index contributed by atoms with van der Waals surface area (Å²) in [7, 11) is 0. The van der Waals surface area contributed by atoms with Crippen LogP contribution in [0.3, 0.4) is 0 Å². The zero-order chi connectivity index (χ0) is 15.7.